The topological polar surface area (TPSA) is 21.3 Å². The van der Waals surface area contributed by atoms with E-state index in [2.05, 4.69) is 69.4 Å². The van der Waals surface area contributed by atoms with Crippen LogP contribution in [0, 0.1) is 6.92 Å². The van der Waals surface area contributed by atoms with Gasteiger partial charge in [0.25, 0.3) is 0 Å². The first-order chi connectivity index (χ1) is 10.1. The molecule has 0 heterocycles. The Bertz CT molecular complexity index is 577. The van der Waals surface area contributed by atoms with E-state index in [0.29, 0.717) is 6.04 Å². The molecule has 0 fully saturated rings. The van der Waals surface area contributed by atoms with E-state index in [1.165, 1.54) is 16.7 Å². The van der Waals surface area contributed by atoms with Gasteiger partial charge in [0, 0.05) is 18.2 Å². The van der Waals surface area contributed by atoms with Crippen LogP contribution in [-0.2, 0) is 6.54 Å². The molecule has 21 heavy (non-hydrogen) atoms. The SMILES string of the molecule is Cc1cccc([C@H](C)NCc2ccccc2OC(C)C)c1. The maximum atomic E-state index is 5.86. The average Bonchev–Trinajstić information content (AvgIpc) is 2.45. The van der Waals surface area contributed by atoms with Crippen molar-refractivity contribution >= 4 is 0 Å². The molecule has 0 aliphatic heterocycles. The summed E-state index contributed by atoms with van der Waals surface area (Å²) in [5.41, 5.74) is 3.81. The molecule has 112 valence electrons. The number of aryl methyl sites for hydroxylation is 1. The van der Waals surface area contributed by atoms with Crippen molar-refractivity contribution in [3.05, 3.63) is 65.2 Å². The van der Waals surface area contributed by atoms with E-state index in [1.54, 1.807) is 0 Å². The van der Waals surface area contributed by atoms with Gasteiger partial charge in [-0.2, -0.15) is 0 Å². The van der Waals surface area contributed by atoms with Gasteiger partial charge in [-0.25, -0.2) is 0 Å². The Hall–Kier alpha value is -1.80. The van der Waals surface area contributed by atoms with Gasteiger partial charge in [0.1, 0.15) is 5.75 Å². The zero-order valence-corrected chi connectivity index (χ0v) is 13.4. The quantitative estimate of drug-likeness (QED) is 0.834. The lowest BCUT2D eigenvalue weighted by molar-refractivity contribution is 0.239. The van der Waals surface area contributed by atoms with Crippen LogP contribution in [-0.4, -0.2) is 6.10 Å². The fraction of sp³-hybridized carbons (Fsp3) is 0.368. The molecule has 0 saturated heterocycles. The molecule has 2 heteroatoms. The van der Waals surface area contributed by atoms with Gasteiger partial charge >= 0.3 is 0 Å². The molecule has 0 radical (unpaired) electrons. The summed E-state index contributed by atoms with van der Waals surface area (Å²) in [4.78, 5) is 0. The van der Waals surface area contributed by atoms with Crippen LogP contribution in [0.2, 0.25) is 0 Å². The predicted octanol–water partition coefficient (Wildman–Crippen LogP) is 4.63. The number of hydrogen-bond donors (Lipinski definition) is 1. The van der Waals surface area contributed by atoms with Crippen molar-refractivity contribution in [1.29, 1.82) is 0 Å². The Morgan fingerprint density at radius 1 is 1.00 bits per heavy atom. The average molecular weight is 283 g/mol. The fourth-order valence-corrected chi connectivity index (χ4v) is 2.34. The second kappa shape index (κ2) is 7.28. The monoisotopic (exact) mass is 283 g/mol. The lowest BCUT2D eigenvalue weighted by Gasteiger charge is -2.18. The van der Waals surface area contributed by atoms with E-state index in [9.17, 15) is 0 Å². The predicted molar refractivity (Wildman–Crippen MR) is 88.6 cm³/mol. The molecule has 2 aromatic rings. The Labute approximate surface area is 128 Å². The smallest absolute Gasteiger partial charge is 0.124 e. The Morgan fingerprint density at radius 2 is 1.76 bits per heavy atom. The third kappa shape index (κ3) is 4.61. The first-order valence-corrected chi connectivity index (χ1v) is 7.61. The second-order valence-electron chi connectivity index (χ2n) is 5.79. The molecule has 2 nitrogen and oxygen atoms in total. The van der Waals surface area contributed by atoms with E-state index < -0.39 is 0 Å². The van der Waals surface area contributed by atoms with E-state index >= 15 is 0 Å². The number of para-hydroxylation sites is 1. The molecule has 2 rings (SSSR count). The van der Waals surface area contributed by atoms with E-state index in [4.69, 9.17) is 4.74 Å². The molecule has 1 atom stereocenters. The summed E-state index contributed by atoms with van der Waals surface area (Å²) in [6.45, 7) is 9.24. The molecule has 0 aromatic heterocycles. The first-order valence-electron chi connectivity index (χ1n) is 7.61. The molecule has 0 aliphatic carbocycles. The normalized spacial score (nSPS) is 12.4. The van der Waals surface area contributed by atoms with Crippen LogP contribution in [0.5, 0.6) is 5.75 Å². The summed E-state index contributed by atoms with van der Waals surface area (Å²) >= 11 is 0. The van der Waals surface area contributed by atoms with Gasteiger partial charge < -0.3 is 10.1 Å². The van der Waals surface area contributed by atoms with Gasteiger partial charge in [0.05, 0.1) is 6.10 Å². The van der Waals surface area contributed by atoms with Crippen LogP contribution in [0.25, 0.3) is 0 Å². The highest BCUT2D eigenvalue weighted by molar-refractivity contribution is 5.33. The molecule has 0 bridgehead atoms. The van der Waals surface area contributed by atoms with Gasteiger partial charge in [0.15, 0.2) is 0 Å². The van der Waals surface area contributed by atoms with Crippen molar-refractivity contribution in [2.24, 2.45) is 0 Å². The molecule has 1 N–H and O–H groups in total. The number of ether oxygens (including phenoxy) is 1. The number of hydrogen-bond acceptors (Lipinski definition) is 2. The van der Waals surface area contributed by atoms with Crippen LogP contribution in [0.15, 0.2) is 48.5 Å². The van der Waals surface area contributed by atoms with Crippen LogP contribution in [0.1, 0.15) is 43.5 Å². The van der Waals surface area contributed by atoms with E-state index in [0.717, 1.165) is 12.3 Å². The van der Waals surface area contributed by atoms with Crippen molar-refractivity contribution < 1.29 is 4.74 Å². The largest absolute Gasteiger partial charge is 0.491 e. The molecule has 0 amide bonds. The minimum absolute atomic E-state index is 0.195. The summed E-state index contributed by atoms with van der Waals surface area (Å²) in [5, 5.41) is 3.58. The van der Waals surface area contributed by atoms with Crippen LogP contribution in [0.4, 0.5) is 0 Å². The van der Waals surface area contributed by atoms with Gasteiger partial charge in [-0.3, -0.25) is 0 Å². The Kier molecular flexibility index (Phi) is 5.40. The van der Waals surface area contributed by atoms with Crippen molar-refractivity contribution in [3.8, 4) is 5.75 Å². The third-order valence-corrected chi connectivity index (χ3v) is 3.48. The molecule has 0 aliphatic rings. The van der Waals surface area contributed by atoms with Crippen molar-refractivity contribution in [2.45, 2.75) is 46.4 Å². The molecular formula is C19H25NO. The van der Waals surface area contributed by atoms with E-state index in [1.807, 2.05) is 12.1 Å². The summed E-state index contributed by atoms with van der Waals surface area (Å²) in [6.07, 6.45) is 0.195. The highest BCUT2D eigenvalue weighted by Gasteiger charge is 2.08. The molecule has 0 saturated carbocycles. The van der Waals surface area contributed by atoms with Crippen molar-refractivity contribution in [1.82, 2.24) is 5.32 Å². The van der Waals surface area contributed by atoms with Gasteiger partial charge in [-0.05, 0) is 39.3 Å². The van der Waals surface area contributed by atoms with Crippen molar-refractivity contribution in [3.63, 3.8) is 0 Å². The second-order valence-corrected chi connectivity index (χ2v) is 5.79. The first kappa shape index (κ1) is 15.6. The fourth-order valence-electron chi connectivity index (χ4n) is 2.34. The maximum Gasteiger partial charge on any atom is 0.124 e. The maximum absolute atomic E-state index is 5.86. The molecule has 0 unspecified atom stereocenters. The number of rotatable bonds is 6. The third-order valence-electron chi connectivity index (χ3n) is 3.48. The van der Waals surface area contributed by atoms with Crippen LogP contribution < -0.4 is 10.1 Å². The Morgan fingerprint density at radius 3 is 2.48 bits per heavy atom. The summed E-state index contributed by atoms with van der Waals surface area (Å²) in [6, 6.07) is 17.2. The zero-order valence-electron chi connectivity index (χ0n) is 13.4. The number of benzene rings is 2. The van der Waals surface area contributed by atoms with Crippen molar-refractivity contribution in [2.75, 3.05) is 0 Å². The highest BCUT2D eigenvalue weighted by Crippen LogP contribution is 2.21. The summed E-state index contributed by atoms with van der Waals surface area (Å²) in [5.74, 6) is 0.969. The van der Waals surface area contributed by atoms with Crippen LogP contribution in [0.3, 0.4) is 0 Å². The van der Waals surface area contributed by atoms with E-state index in [-0.39, 0.29) is 6.10 Å². The van der Waals surface area contributed by atoms with Gasteiger partial charge in [-0.15, -0.1) is 0 Å². The summed E-state index contributed by atoms with van der Waals surface area (Å²) < 4.78 is 5.86. The molecular weight excluding hydrogens is 258 g/mol. The summed E-state index contributed by atoms with van der Waals surface area (Å²) in [7, 11) is 0. The van der Waals surface area contributed by atoms with Crippen LogP contribution >= 0.6 is 0 Å². The zero-order chi connectivity index (χ0) is 15.2. The molecule has 0 spiro atoms. The standard InChI is InChI=1S/C19H25NO/c1-14(2)21-19-11-6-5-9-18(19)13-20-16(4)17-10-7-8-15(3)12-17/h5-12,14,16,20H,13H2,1-4H3/t16-/m0/s1. The Balaban J connectivity index is 2.02. The lowest BCUT2D eigenvalue weighted by Crippen LogP contribution is -2.19. The van der Waals surface area contributed by atoms with Gasteiger partial charge in [0.2, 0.25) is 0 Å². The number of nitrogens with one attached hydrogen (secondary N) is 1. The molecule has 2 aromatic carbocycles. The lowest BCUT2D eigenvalue weighted by atomic mass is 10.1. The minimum Gasteiger partial charge on any atom is -0.491 e. The highest BCUT2D eigenvalue weighted by atomic mass is 16.5. The minimum atomic E-state index is 0.195. The van der Waals surface area contributed by atoms with Gasteiger partial charge in [-0.1, -0.05) is 48.0 Å².